The molecule has 0 amide bonds. The average molecular weight is 343 g/mol. The molecule has 0 bridgehead atoms. The first kappa shape index (κ1) is 15.8. The van der Waals surface area contributed by atoms with E-state index in [4.69, 9.17) is 0 Å². The molecule has 122 valence electrons. The lowest BCUT2D eigenvalue weighted by atomic mass is 10.1. The minimum atomic E-state index is -4.28. The second-order valence-corrected chi connectivity index (χ2v) is 6.91. The Morgan fingerprint density at radius 2 is 1.83 bits per heavy atom. The third-order valence-electron chi connectivity index (χ3n) is 3.70. The Labute approximate surface area is 130 Å². The number of benzene rings is 2. The largest absolute Gasteiger partial charge is 0.388 e. The van der Waals surface area contributed by atoms with Gasteiger partial charge in [-0.25, -0.2) is 21.6 Å². The maximum Gasteiger partial charge on any atom is 0.262 e. The summed E-state index contributed by atoms with van der Waals surface area (Å²) in [7, 11) is -4.28. The highest BCUT2D eigenvalue weighted by Crippen LogP contribution is 2.36. The SMILES string of the molecule is O=S(=O)(Nc1ccc(F)cc1F)c1cc(F)cc2c1CCC2O. The van der Waals surface area contributed by atoms with Crippen LogP contribution in [0.25, 0.3) is 0 Å². The Hall–Kier alpha value is -2.06. The molecule has 2 aromatic carbocycles. The normalized spacial score (nSPS) is 17.1. The van der Waals surface area contributed by atoms with Crippen LogP contribution in [0.5, 0.6) is 0 Å². The van der Waals surface area contributed by atoms with Crippen LogP contribution in [0.15, 0.2) is 35.2 Å². The van der Waals surface area contributed by atoms with Gasteiger partial charge in [-0.15, -0.1) is 0 Å². The Balaban J connectivity index is 2.06. The van der Waals surface area contributed by atoms with Crippen molar-refractivity contribution in [2.24, 2.45) is 0 Å². The molecule has 2 aromatic rings. The van der Waals surface area contributed by atoms with Crippen molar-refractivity contribution in [3.63, 3.8) is 0 Å². The van der Waals surface area contributed by atoms with Crippen LogP contribution in [0.2, 0.25) is 0 Å². The molecule has 0 saturated carbocycles. The summed E-state index contributed by atoms with van der Waals surface area (Å²) in [4.78, 5) is -0.354. The summed E-state index contributed by atoms with van der Waals surface area (Å²) in [5.74, 6) is -2.74. The van der Waals surface area contributed by atoms with Crippen LogP contribution in [0, 0.1) is 17.5 Å². The quantitative estimate of drug-likeness (QED) is 0.901. The van der Waals surface area contributed by atoms with Gasteiger partial charge in [-0.3, -0.25) is 4.72 Å². The first-order valence-corrected chi connectivity index (χ1v) is 8.24. The molecule has 1 aliphatic carbocycles. The number of sulfonamides is 1. The van der Waals surface area contributed by atoms with Gasteiger partial charge < -0.3 is 5.11 Å². The van der Waals surface area contributed by atoms with Gasteiger partial charge in [0.05, 0.1) is 16.7 Å². The van der Waals surface area contributed by atoms with Crippen LogP contribution in [-0.4, -0.2) is 13.5 Å². The maximum atomic E-state index is 13.7. The molecule has 1 aliphatic rings. The van der Waals surface area contributed by atoms with Crippen LogP contribution in [0.3, 0.4) is 0 Å². The van der Waals surface area contributed by atoms with E-state index in [1.807, 2.05) is 4.72 Å². The van der Waals surface area contributed by atoms with E-state index in [1.54, 1.807) is 0 Å². The lowest BCUT2D eigenvalue weighted by Gasteiger charge is -2.13. The molecular formula is C15H12F3NO3S. The molecule has 0 fully saturated rings. The van der Waals surface area contributed by atoms with E-state index in [0.717, 1.165) is 24.3 Å². The van der Waals surface area contributed by atoms with Gasteiger partial charge in [0.25, 0.3) is 10.0 Å². The summed E-state index contributed by atoms with van der Waals surface area (Å²) < 4.78 is 67.0. The van der Waals surface area contributed by atoms with E-state index in [2.05, 4.69) is 0 Å². The fraction of sp³-hybridized carbons (Fsp3) is 0.200. The number of aliphatic hydroxyl groups excluding tert-OH is 1. The second kappa shape index (κ2) is 5.54. The summed E-state index contributed by atoms with van der Waals surface area (Å²) in [6.07, 6.45) is -0.386. The highest BCUT2D eigenvalue weighted by molar-refractivity contribution is 7.92. The third-order valence-corrected chi connectivity index (χ3v) is 5.13. The topological polar surface area (TPSA) is 66.4 Å². The fourth-order valence-corrected chi connectivity index (χ4v) is 4.02. The van der Waals surface area contributed by atoms with Crippen molar-refractivity contribution in [2.45, 2.75) is 23.8 Å². The van der Waals surface area contributed by atoms with Crippen LogP contribution in [0.1, 0.15) is 23.7 Å². The van der Waals surface area contributed by atoms with Crippen molar-refractivity contribution in [3.05, 3.63) is 58.9 Å². The molecule has 0 saturated heterocycles. The first-order chi connectivity index (χ1) is 10.8. The summed E-state index contributed by atoms with van der Waals surface area (Å²) >= 11 is 0. The zero-order chi connectivity index (χ0) is 16.8. The molecule has 4 nitrogen and oxygen atoms in total. The number of aliphatic hydroxyl groups is 1. The Morgan fingerprint density at radius 3 is 2.52 bits per heavy atom. The standard InChI is InChI=1S/C15H12F3NO3S/c16-8-1-3-13(12(18)6-8)19-23(21,22)15-7-9(17)5-11-10(15)2-4-14(11)20/h1,3,5-7,14,19-20H,2,4H2. The van der Waals surface area contributed by atoms with Gasteiger partial charge in [-0.05, 0) is 48.2 Å². The number of hydrogen-bond donors (Lipinski definition) is 2. The van der Waals surface area contributed by atoms with Gasteiger partial charge in [0.2, 0.25) is 0 Å². The molecule has 0 heterocycles. The van der Waals surface area contributed by atoms with Crippen LogP contribution in [0.4, 0.5) is 18.9 Å². The molecule has 8 heteroatoms. The summed E-state index contributed by atoms with van der Waals surface area (Å²) in [5.41, 5.74) is 0.0711. The van der Waals surface area contributed by atoms with Crippen LogP contribution >= 0.6 is 0 Å². The number of rotatable bonds is 3. The van der Waals surface area contributed by atoms with Crippen molar-refractivity contribution in [1.29, 1.82) is 0 Å². The predicted octanol–water partition coefficient (Wildman–Crippen LogP) is 2.88. The molecule has 3 rings (SSSR count). The van der Waals surface area contributed by atoms with Crippen molar-refractivity contribution in [2.75, 3.05) is 4.72 Å². The number of halogens is 3. The second-order valence-electron chi connectivity index (χ2n) is 5.26. The number of fused-ring (bicyclic) bond motifs is 1. The Bertz CT molecular complexity index is 884. The van der Waals surface area contributed by atoms with Gasteiger partial charge in [-0.1, -0.05) is 0 Å². The molecular weight excluding hydrogens is 331 g/mol. The lowest BCUT2D eigenvalue weighted by Crippen LogP contribution is -2.16. The van der Waals surface area contributed by atoms with Gasteiger partial charge >= 0.3 is 0 Å². The summed E-state index contributed by atoms with van der Waals surface area (Å²) in [5, 5.41) is 9.78. The van der Waals surface area contributed by atoms with Crippen LogP contribution < -0.4 is 4.72 Å². The van der Waals surface area contributed by atoms with E-state index in [1.165, 1.54) is 0 Å². The monoisotopic (exact) mass is 343 g/mol. The summed E-state index contributed by atoms with van der Waals surface area (Å²) in [6, 6.07) is 4.29. The van der Waals surface area contributed by atoms with E-state index in [0.29, 0.717) is 11.6 Å². The number of hydrogen-bond acceptors (Lipinski definition) is 3. The van der Waals surface area contributed by atoms with E-state index in [-0.39, 0.29) is 23.3 Å². The van der Waals surface area contributed by atoms with Crippen molar-refractivity contribution in [3.8, 4) is 0 Å². The molecule has 1 atom stereocenters. The third kappa shape index (κ3) is 2.91. The Kier molecular flexibility index (Phi) is 3.81. The van der Waals surface area contributed by atoms with E-state index >= 15 is 0 Å². The summed E-state index contributed by atoms with van der Waals surface area (Å²) in [6.45, 7) is 0. The van der Waals surface area contributed by atoms with Crippen molar-refractivity contribution >= 4 is 15.7 Å². The van der Waals surface area contributed by atoms with Gasteiger partial charge in [-0.2, -0.15) is 0 Å². The zero-order valence-electron chi connectivity index (χ0n) is 11.7. The van der Waals surface area contributed by atoms with E-state index < -0.39 is 39.3 Å². The van der Waals surface area contributed by atoms with Crippen molar-refractivity contribution in [1.82, 2.24) is 0 Å². The fourth-order valence-electron chi connectivity index (χ4n) is 2.65. The number of anilines is 1. The number of nitrogens with one attached hydrogen (secondary N) is 1. The average Bonchev–Trinajstić information content (AvgIpc) is 2.83. The molecule has 0 aliphatic heterocycles. The molecule has 0 aromatic heterocycles. The predicted molar refractivity (Wildman–Crippen MR) is 76.8 cm³/mol. The molecule has 2 N–H and O–H groups in total. The zero-order valence-corrected chi connectivity index (χ0v) is 12.5. The highest BCUT2D eigenvalue weighted by Gasteiger charge is 2.30. The molecule has 0 radical (unpaired) electrons. The molecule has 1 unspecified atom stereocenters. The smallest absolute Gasteiger partial charge is 0.262 e. The highest BCUT2D eigenvalue weighted by atomic mass is 32.2. The minimum Gasteiger partial charge on any atom is -0.388 e. The van der Waals surface area contributed by atoms with Gasteiger partial charge in [0.15, 0.2) is 0 Å². The van der Waals surface area contributed by atoms with E-state index in [9.17, 15) is 26.7 Å². The minimum absolute atomic E-state index is 0.213. The van der Waals surface area contributed by atoms with Crippen LogP contribution in [-0.2, 0) is 16.4 Å². The van der Waals surface area contributed by atoms with Gasteiger partial charge in [0, 0.05) is 6.07 Å². The maximum absolute atomic E-state index is 13.7. The first-order valence-electron chi connectivity index (χ1n) is 6.76. The molecule has 0 spiro atoms. The van der Waals surface area contributed by atoms with Crippen molar-refractivity contribution < 1.29 is 26.7 Å². The molecule has 23 heavy (non-hydrogen) atoms. The Morgan fingerprint density at radius 1 is 1.09 bits per heavy atom. The lowest BCUT2D eigenvalue weighted by molar-refractivity contribution is 0.179. The van der Waals surface area contributed by atoms with Gasteiger partial charge in [0.1, 0.15) is 17.5 Å².